The van der Waals surface area contributed by atoms with Gasteiger partial charge in [-0.3, -0.25) is 0 Å². The van der Waals surface area contributed by atoms with Crippen molar-refractivity contribution in [3.8, 4) is 0 Å². The molecule has 1 rings (SSSR count). The SMILES string of the molecule is CCOC(=O)C1=CCCC1Br. The number of allylic oxidation sites excluding steroid dienone is 1. The monoisotopic (exact) mass is 218 g/mol. The highest BCUT2D eigenvalue weighted by molar-refractivity contribution is 9.09. The summed E-state index contributed by atoms with van der Waals surface area (Å²) in [7, 11) is 0. The summed E-state index contributed by atoms with van der Waals surface area (Å²) in [5.41, 5.74) is 0.784. The lowest BCUT2D eigenvalue weighted by Crippen LogP contribution is -2.12. The zero-order chi connectivity index (χ0) is 8.27. The average Bonchev–Trinajstić information content (AvgIpc) is 2.36. The van der Waals surface area contributed by atoms with E-state index in [2.05, 4.69) is 15.9 Å². The molecule has 0 heterocycles. The Hall–Kier alpha value is -0.310. The molecule has 11 heavy (non-hydrogen) atoms. The maximum atomic E-state index is 11.1. The molecule has 0 bridgehead atoms. The predicted octanol–water partition coefficient (Wildman–Crippen LogP) is 2.03. The highest BCUT2D eigenvalue weighted by Crippen LogP contribution is 2.26. The van der Waals surface area contributed by atoms with Crippen LogP contribution in [0, 0.1) is 0 Å². The van der Waals surface area contributed by atoms with Crippen molar-refractivity contribution >= 4 is 21.9 Å². The van der Waals surface area contributed by atoms with Gasteiger partial charge in [0.15, 0.2) is 0 Å². The third-order valence-corrected chi connectivity index (χ3v) is 2.58. The average molecular weight is 219 g/mol. The summed E-state index contributed by atoms with van der Waals surface area (Å²) < 4.78 is 4.86. The fourth-order valence-electron chi connectivity index (χ4n) is 1.09. The van der Waals surface area contributed by atoms with Crippen LogP contribution in [0.4, 0.5) is 0 Å². The van der Waals surface area contributed by atoms with E-state index < -0.39 is 0 Å². The molecule has 0 saturated heterocycles. The molecule has 0 N–H and O–H groups in total. The van der Waals surface area contributed by atoms with E-state index in [1.54, 1.807) is 0 Å². The summed E-state index contributed by atoms with van der Waals surface area (Å²) in [4.78, 5) is 11.3. The molecule has 1 unspecified atom stereocenters. The molecule has 1 atom stereocenters. The number of esters is 1. The van der Waals surface area contributed by atoms with E-state index in [0.717, 1.165) is 18.4 Å². The molecule has 2 nitrogen and oxygen atoms in total. The molecular weight excluding hydrogens is 208 g/mol. The van der Waals surface area contributed by atoms with E-state index in [1.807, 2.05) is 13.0 Å². The van der Waals surface area contributed by atoms with Crippen molar-refractivity contribution in [2.24, 2.45) is 0 Å². The molecule has 1 aliphatic rings. The van der Waals surface area contributed by atoms with Gasteiger partial charge in [0.1, 0.15) is 0 Å². The zero-order valence-electron chi connectivity index (χ0n) is 6.47. The highest BCUT2D eigenvalue weighted by atomic mass is 79.9. The number of halogens is 1. The number of hydrogen-bond donors (Lipinski definition) is 0. The van der Waals surface area contributed by atoms with Crippen molar-refractivity contribution in [3.63, 3.8) is 0 Å². The second-order valence-corrected chi connectivity index (χ2v) is 3.53. The molecule has 1 aliphatic carbocycles. The smallest absolute Gasteiger partial charge is 0.334 e. The standard InChI is InChI=1S/C8H11BrO2/c1-2-11-8(10)6-4-3-5-7(6)9/h4,7H,2-3,5H2,1H3. The number of alkyl halides is 1. The van der Waals surface area contributed by atoms with E-state index >= 15 is 0 Å². The largest absolute Gasteiger partial charge is 0.463 e. The first kappa shape index (κ1) is 8.78. The first-order chi connectivity index (χ1) is 5.25. The van der Waals surface area contributed by atoms with Crippen molar-refractivity contribution in [2.75, 3.05) is 6.61 Å². The van der Waals surface area contributed by atoms with Crippen LogP contribution in [-0.2, 0) is 9.53 Å². The Morgan fingerprint density at radius 3 is 3.09 bits per heavy atom. The number of hydrogen-bond acceptors (Lipinski definition) is 2. The fourth-order valence-corrected chi connectivity index (χ4v) is 1.73. The van der Waals surface area contributed by atoms with Gasteiger partial charge in [-0.25, -0.2) is 4.79 Å². The van der Waals surface area contributed by atoms with Gasteiger partial charge < -0.3 is 4.74 Å². The van der Waals surface area contributed by atoms with E-state index in [0.29, 0.717) is 6.61 Å². The Kier molecular flexibility index (Phi) is 3.12. The van der Waals surface area contributed by atoms with E-state index in [4.69, 9.17) is 4.74 Å². The number of carbonyl (C=O) groups excluding carboxylic acids is 1. The van der Waals surface area contributed by atoms with Gasteiger partial charge >= 0.3 is 5.97 Å². The van der Waals surface area contributed by atoms with Crippen LogP contribution in [0.1, 0.15) is 19.8 Å². The van der Waals surface area contributed by atoms with Gasteiger partial charge in [-0.2, -0.15) is 0 Å². The summed E-state index contributed by atoms with van der Waals surface area (Å²) in [6.45, 7) is 2.27. The van der Waals surface area contributed by atoms with Crippen molar-refractivity contribution < 1.29 is 9.53 Å². The normalized spacial score (nSPS) is 23.1. The van der Waals surface area contributed by atoms with E-state index in [9.17, 15) is 4.79 Å². The molecular formula is C8H11BrO2. The zero-order valence-corrected chi connectivity index (χ0v) is 8.06. The lowest BCUT2D eigenvalue weighted by atomic mass is 10.2. The van der Waals surface area contributed by atoms with Gasteiger partial charge in [0, 0.05) is 10.4 Å². The number of carbonyl (C=O) groups is 1. The summed E-state index contributed by atoms with van der Waals surface area (Å²) in [5.74, 6) is -0.174. The molecule has 0 fully saturated rings. The molecule has 3 heteroatoms. The van der Waals surface area contributed by atoms with Crippen molar-refractivity contribution in [1.82, 2.24) is 0 Å². The van der Waals surface area contributed by atoms with Gasteiger partial charge in [-0.15, -0.1) is 0 Å². The summed E-state index contributed by atoms with van der Waals surface area (Å²) in [6.07, 6.45) is 3.93. The number of rotatable bonds is 2. The summed E-state index contributed by atoms with van der Waals surface area (Å²) >= 11 is 3.41. The Bertz CT molecular complexity index is 187. The maximum absolute atomic E-state index is 11.1. The van der Waals surface area contributed by atoms with Gasteiger partial charge in [0.25, 0.3) is 0 Å². The maximum Gasteiger partial charge on any atom is 0.334 e. The Balaban J connectivity index is 2.52. The van der Waals surface area contributed by atoms with Crippen molar-refractivity contribution in [3.05, 3.63) is 11.6 Å². The molecule has 0 radical (unpaired) electrons. The second-order valence-electron chi connectivity index (χ2n) is 2.42. The Morgan fingerprint density at radius 1 is 1.91 bits per heavy atom. The minimum Gasteiger partial charge on any atom is -0.463 e. The Morgan fingerprint density at radius 2 is 2.64 bits per heavy atom. The van der Waals surface area contributed by atoms with Crippen LogP contribution in [0.15, 0.2) is 11.6 Å². The number of ether oxygens (including phenoxy) is 1. The second kappa shape index (κ2) is 3.90. The highest BCUT2D eigenvalue weighted by Gasteiger charge is 2.22. The lowest BCUT2D eigenvalue weighted by Gasteiger charge is -2.05. The first-order valence-electron chi connectivity index (χ1n) is 3.77. The van der Waals surface area contributed by atoms with Gasteiger partial charge in [0.2, 0.25) is 0 Å². The Labute approximate surface area is 74.7 Å². The predicted molar refractivity (Wildman–Crippen MR) is 46.7 cm³/mol. The van der Waals surface area contributed by atoms with Crippen LogP contribution >= 0.6 is 15.9 Å². The topological polar surface area (TPSA) is 26.3 Å². The molecule has 0 aromatic rings. The summed E-state index contributed by atoms with van der Waals surface area (Å²) in [6, 6.07) is 0. The summed E-state index contributed by atoms with van der Waals surface area (Å²) in [5, 5.41) is 0. The molecule has 0 aromatic heterocycles. The van der Waals surface area contributed by atoms with Gasteiger partial charge in [0.05, 0.1) is 6.61 Å². The molecule has 0 aliphatic heterocycles. The van der Waals surface area contributed by atoms with Crippen molar-refractivity contribution in [1.29, 1.82) is 0 Å². The minimum absolute atomic E-state index is 0.174. The van der Waals surface area contributed by atoms with E-state index in [1.165, 1.54) is 0 Å². The van der Waals surface area contributed by atoms with Gasteiger partial charge in [-0.1, -0.05) is 22.0 Å². The lowest BCUT2D eigenvalue weighted by molar-refractivity contribution is -0.138. The third-order valence-electron chi connectivity index (χ3n) is 1.63. The van der Waals surface area contributed by atoms with Crippen LogP contribution in [0.5, 0.6) is 0 Å². The van der Waals surface area contributed by atoms with Crippen LogP contribution < -0.4 is 0 Å². The van der Waals surface area contributed by atoms with Gasteiger partial charge in [-0.05, 0) is 19.8 Å². The molecule has 0 spiro atoms. The molecule has 0 amide bonds. The fraction of sp³-hybridized carbons (Fsp3) is 0.625. The third kappa shape index (κ3) is 2.06. The quantitative estimate of drug-likeness (QED) is 0.524. The van der Waals surface area contributed by atoms with Crippen LogP contribution in [0.25, 0.3) is 0 Å². The van der Waals surface area contributed by atoms with Crippen LogP contribution in [0.2, 0.25) is 0 Å². The molecule has 62 valence electrons. The minimum atomic E-state index is -0.174. The first-order valence-corrected chi connectivity index (χ1v) is 4.68. The van der Waals surface area contributed by atoms with Crippen LogP contribution in [0.3, 0.4) is 0 Å². The van der Waals surface area contributed by atoms with Crippen molar-refractivity contribution in [2.45, 2.75) is 24.6 Å². The van der Waals surface area contributed by atoms with E-state index in [-0.39, 0.29) is 10.8 Å². The molecule has 0 aromatic carbocycles. The van der Waals surface area contributed by atoms with Crippen LogP contribution in [-0.4, -0.2) is 17.4 Å². The molecule has 0 saturated carbocycles.